The third-order valence-electron chi connectivity index (χ3n) is 3.29. The second-order valence-electron chi connectivity index (χ2n) is 4.68. The quantitative estimate of drug-likeness (QED) is 0.761. The fourth-order valence-electron chi connectivity index (χ4n) is 2.12. The molecule has 4 heteroatoms. The molecule has 21 heavy (non-hydrogen) atoms. The molecular weight excluding hydrogens is 328 g/mol. The van der Waals surface area contributed by atoms with Gasteiger partial charge >= 0.3 is 0 Å². The van der Waals surface area contributed by atoms with Crippen molar-refractivity contribution in [3.05, 3.63) is 64.8 Å². The molecule has 0 saturated heterocycles. The zero-order valence-corrected chi connectivity index (χ0v) is 13.7. The van der Waals surface area contributed by atoms with E-state index >= 15 is 0 Å². The Morgan fingerprint density at radius 1 is 1.38 bits per heavy atom. The largest absolute Gasteiger partial charge is 0.269 e. The number of halogens is 1. The van der Waals surface area contributed by atoms with Crippen molar-refractivity contribution in [2.45, 2.75) is 20.3 Å². The highest BCUT2D eigenvalue weighted by Crippen LogP contribution is 2.27. The first-order chi connectivity index (χ1) is 10.1. The summed E-state index contributed by atoms with van der Waals surface area (Å²) in [4.78, 5) is 18.2. The highest BCUT2D eigenvalue weighted by molar-refractivity contribution is 9.10. The number of pyridine rings is 1. The fraction of sp³-hybridized carbons (Fsp3) is 0.176. The molecule has 108 valence electrons. The first-order valence-corrected chi connectivity index (χ1v) is 7.53. The maximum atomic E-state index is 12.2. The van der Waals surface area contributed by atoms with E-state index in [1.165, 1.54) is 11.6 Å². The summed E-state index contributed by atoms with van der Waals surface area (Å²) in [7, 11) is 0. The van der Waals surface area contributed by atoms with Gasteiger partial charge in [0.15, 0.2) is 0 Å². The summed E-state index contributed by atoms with van der Waals surface area (Å²) in [6.45, 7) is 7.70. The number of amides is 1. The number of benzene rings is 1. The molecule has 0 unspecified atom stereocenters. The summed E-state index contributed by atoms with van der Waals surface area (Å²) < 4.78 is 0.961. The predicted molar refractivity (Wildman–Crippen MR) is 89.8 cm³/mol. The minimum atomic E-state index is -0.200. The SMILES string of the molecule is C=CC(=O)N(c1ccc(Br)cc1)c1cc(C)c(CC)cn1. The molecule has 0 fully saturated rings. The molecule has 2 aromatic rings. The Balaban J connectivity index is 2.50. The van der Waals surface area contributed by atoms with Crippen molar-refractivity contribution < 1.29 is 4.79 Å². The number of aryl methyl sites for hydroxylation is 2. The van der Waals surface area contributed by atoms with Gasteiger partial charge in [0.1, 0.15) is 5.82 Å². The van der Waals surface area contributed by atoms with Crippen molar-refractivity contribution in [1.29, 1.82) is 0 Å². The predicted octanol–water partition coefficient (Wildman–Crippen LogP) is 4.57. The Hall–Kier alpha value is -1.94. The summed E-state index contributed by atoms with van der Waals surface area (Å²) in [6, 6.07) is 9.46. The molecule has 0 radical (unpaired) electrons. The van der Waals surface area contributed by atoms with Crippen molar-refractivity contribution in [3.63, 3.8) is 0 Å². The lowest BCUT2D eigenvalue weighted by Crippen LogP contribution is -2.24. The van der Waals surface area contributed by atoms with Gasteiger partial charge in [0.05, 0.1) is 5.69 Å². The van der Waals surface area contributed by atoms with Crippen molar-refractivity contribution in [2.75, 3.05) is 4.90 Å². The number of hydrogen-bond acceptors (Lipinski definition) is 2. The standard InChI is InChI=1S/C17H17BrN2O/c1-4-13-11-19-16(10-12(13)3)20(17(21)5-2)15-8-6-14(18)7-9-15/h5-11H,2,4H2,1,3H3. The average molecular weight is 345 g/mol. The monoisotopic (exact) mass is 344 g/mol. The molecule has 1 aromatic heterocycles. The van der Waals surface area contributed by atoms with Gasteiger partial charge in [-0.15, -0.1) is 0 Å². The Morgan fingerprint density at radius 3 is 2.57 bits per heavy atom. The molecule has 0 atom stereocenters. The second kappa shape index (κ2) is 6.68. The van der Waals surface area contributed by atoms with Crippen LogP contribution in [0.2, 0.25) is 0 Å². The van der Waals surface area contributed by atoms with Crippen LogP contribution in [0.1, 0.15) is 18.1 Å². The van der Waals surface area contributed by atoms with Crippen molar-refractivity contribution in [3.8, 4) is 0 Å². The zero-order valence-electron chi connectivity index (χ0n) is 12.1. The molecule has 0 spiro atoms. The molecule has 0 bridgehead atoms. The number of rotatable bonds is 4. The van der Waals surface area contributed by atoms with Gasteiger partial charge in [0.2, 0.25) is 0 Å². The Labute approximate surface area is 133 Å². The maximum Gasteiger partial charge on any atom is 0.256 e. The van der Waals surface area contributed by atoms with E-state index in [2.05, 4.69) is 34.4 Å². The normalized spacial score (nSPS) is 10.2. The maximum absolute atomic E-state index is 12.2. The van der Waals surface area contributed by atoms with E-state index in [-0.39, 0.29) is 5.91 Å². The molecule has 0 saturated carbocycles. The Kier molecular flexibility index (Phi) is 4.91. The van der Waals surface area contributed by atoms with Crippen LogP contribution in [0.15, 0.2) is 53.7 Å². The van der Waals surface area contributed by atoms with Crippen LogP contribution in [0.5, 0.6) is 0 Å². The van der Waals surface area contributed by atoms with Gasteiger partial charge in [0, 0.05) is 10.7 Å². The first-order valence-electron chi connectivity index (χ1n) is 6.74. The van der Waals surface area contributed by atoms with Crippen molar-refractivity contribution >= 4 is 33.3 Å². The van der Waals surface area contributed by atoms with Crippen molar-refractivity contribution in [2.24, 2.45) is 0 Å². The summed E-state index contributed by atoms with van der Waals surface area (Å²) in [6.07, 6.45) is 4.05. The number of anilines is 2. The molecule has 1 amide bonds. The van der Waals surface area contributed by atoms with Crippen LogP contribution < -0.4 is 4.90 Å². The summed E-state index contributed by atoms with van der Waals surface area (Å²) in [5.74, 6) is 0.408. The molecule has 0 aliphatic carbocycles. The lowest BCUT2D eigenvalue weighted by atomic mass is 10.1. The summed E-state index contributed by atoms with van der Waals surface area (Å²) in [5.41, 5.74) is 3.07. The van der Waals surface area contributed by atoms with Crippen LogP contribution >= 0.6 is 15.9 Å². The van der Waals surface area contributed by atoms with Crippen molar-refractivity contribution in [1.82, 2.24) is 4.98 Å². The summed E-state index contributed by atoms with van der Waals surface area (Å²) in [5, 5.41) is 0. The van der Waals surface area contributed by atoms with Crippen LogP contribution in [-0.2, 0) is 11.2 Å². The van der Waals surface area contributed by atoms with Gasteiger partial charge in [-0.25, -0.2) is 4.98 Å². The number of hydrogen-bond donors (Lipinski definition) is 0. The molecule has 3 nitrogen and oxygen atoms in total. The van der Waals surface area contributed by atoms with Gasteiger partial charge in [-0.2, -0.15) is 0 Å². The van der Waals surface area contributed by atoms with Crippen LogP contribution in [-0.4, -0.2) is 10.9 Å². The highest BCUT2D eigenvalue weighted by Gasteiger charge is 2.17. The van der Waals surface area contributed by atoms with E-state index in [4.69, 9.17) is 0 Å². The van der Waals surface area contributed by atoms with Crippen LogP contribution in [0.25, 0.3) is 0 Å². The molecule has 0 aliphatic rings. The first kappa shape index (κ1) is 15.4. The minimum absolute atomic E-state index is 0.200. The van der Waals surface area contributed by atoms with Crippen LogP contribution in [0.3, 0.4) is 0 Å². The summed E-state index contributed by atoms with van der Waals surface area (Å²) >= 11 is 3.40. The van der Waals surface area contributed by atoms with Gasteiger partial charge in [0.25, 0.3) is 5.91 Å². The number of carbonyl (C=O) groups excluding carboxylic acids is 1. The lowest BCUT2D eigenvalue weighted by Gasteiger charge is -2.21. The molecule has 2 rings (SSSR count). The topological polar surface area (TPSA) is 33.2 Å². The molecule has 1 aromatic carbocycles. The molecular formula is C17H17BrN2O. The molecule has 1 heterocycles. The van der Waals surface area contributed by atoms with E-state index < -0.39 is 0 Å². The number of carbonyl (C=O) groups is 1. The van der Waals surface area contributed by atoms with E-state index in [9.17, 15) is 4.79 Å². The second-order valence-corrected chi connectivity index (χ2v) is 5.59. The van der Waals surface area contributed by atoms with E-state index in [0.717, 1.165) is 22.1 Å². The Morgan fingerprint density at radius 2 is 2.05 bits per heavy atom. The minimum Gasteiger partial charge on any atom is -0.269 e. The number of aromatic nitrogens is 1. The van der Waals surface area contributed by atoms with Gasteiger partial charge in [-0.1, -0.05) is 29.4 Å². The van der Waals surface area contributed by atoms with E-state index in [1.54, 1.807) is 4.90 Å². The lowest BCUT2D eigenvalue weighted by molar-refractivity contribution is -0.113. The number of nitrogens with zero attached hydrogens (tertiary/aromatic N) is 2. The van der Waals surface area contributed by atoms with Gasteiger partial charge < -0.3 is 0 Å². The third kappa shape index (κ3) is 3.39. The molecule has 0 N–H and O–H groups in total. The van der Waals surface area contributed by atoms with Gasteiger partial charge in [-0.3, -0.25) is 9.69 Å². The molecule has 0 aliphatic heterocycles. The van der Waals surface area contributed by atoms with E-state index in [1.807, 2.05) is 43.5 Å². The van der Waals surface area contributed by atoms with E-state index in [0.29, 0.717) is 5.82 Å². The highest BCUT2D eigenvalue weighted by atomic mass is 79.9. The van der Waals surface area contributed by atoms with Gasteiger partial charge in [-0.05, 0) is 60.9 Å². The zero-order chi connectivity index (χ0) is 15.4. The smallest absolute Gasteiger partial charge is 0.256 e. The Bertz CT molecular complexity index is 665. The third-order valence-corrected chi connectivity index (χ3v) is 3.82. The fourth-order valence-corrected chi connectivity index (χ4v) is 2.38. The van der Waals surface area contributed by atoms with Crippen LogP contribution in [0.4, 0.5) is 11.5 Å². The average Bonchev–Trinajstić information content (AvgIpc) is 2.49. The van der Waals surface area contributed by atoms with Crippen LogP contribution in [0, 0.1) is 6.92 Å².